The first-order chi connectivity index (χ1) is 10.0. The van der Waals surface area contributed by atoms with Crippen molar-refractivity contribution in [1.29, 1.82) is 0 Å². The van der Waals surface area contributed by atoms with Gasteiger partial charge < -0.3 is 0 Å². The van der Waals surface area contributed by atoms with Gasteiger partial charge in [-0.25, -0.2) is 18.1 Å². The van der Waals surface area contributed by atoms with E-state index in [0.717, 1.165) is 24.8 Å². The summed E-state index contributed by atoms with van der Waals surface area (Å²) in [4.78, 5) is 3.97. The molecular weight excluding hydrogens is 308 g/mol. The molecule has 1 saturated carbocycles. The van der Waals surface area contributed by atoms with Gasteiger partial charge in [0.1, 0.15) is 10.0 Å². The van der Waals surface area contributed by atoms with E-state index >= 15 is 0 Å². The number of rotatable bonds is 4. The number of nitrogens with one attached hydrogen (secondary N) is 1. The van der Waals surface area contributed by atoms with Gasteiger partial charge in [0.05, 0.1) is 5.54 Å². The van der Waals surface area contributed by atoms with Gasteiger partial charge in [0.2, 0.25) is 10.0 Å². The molecule has 2 aromatic rings. The SMILES string of the molecule is O=S(=O)(NC1(c2ccccc2)CCC1)c1ccc(Cl)nc1. The lowest BCUT2D eigenvalue weighted by Gasteiger charge is -2.42. The summed E-state index contributed by atoms with van der Waals surface area (Å²) >= 11 is 5.70. The number of sulfonamides is 1. The standard InChI is InChI=1S/C15H15ClN2O2S/c16-14-8-7-13(11-17-14)21(19,20)18-15(9-4-10-15)12-5-2-1-3-6-12/h1-3,5-8,11,18H,4,9-10H2. The highest BCUT2D eigenvalue weighted by atomic mass is 35.5. The van der Waals surface area contributed by atoms with Crippen LogP contribution in [-0.4, -0.2) is 13.4 Å². The molecule has 110 valence electrons. The van der Waals surface area contributed by atoms with Gasteiger partial charge in [0.15, 0.2) is 0 Å². The van der Waals surface area contributed by atoms with Crippen LogP contribution in [0.2, 0.25) is 5.15 Å². The molecule has 1 aliphatic carbocycles. The molecule has 1 heterocycles. The molecule has 3 rings (SSSR count). The number of benzene rings is 1. The largest absolute Gasteiger partial charge is 0.243 e. The van der Waals surface area contributed by atoms with E-state index in [9.17, 15) is 8.42 Å². The number of nitrogens with zero attached hydrogens (tertiary/aromatic N) is 1. The van der Waals surface area contributed by atoms with Crippen molar-refractivity contribution in [2.45, 2.75) is 29.7 Å². The van der Waals surface area contributed by atoms with Crippen molar-refractivity contribution in [3.8, 4) is 0 Å². The van der Waals surface area contributed by atoms with Gasteiger partial charge in [-0.2, -0.15) is 0 Å². The highest BCUT2D eigenvalue weighted by Crippen LogP contribution is 2.42. The van der Waals surface area contributed by atoms with Gasteiger partial charge >= 0.3 is 0 Å². The molecule has 1 N–H and O–H groups in total. The van der Waals surface area contributed by atoms with Crippen LogP contribution in [0.25, 0.3) is 0 Å². The molecule has 21 heavy (non-hydrogen) atoms. The maximum absolute atomic E-state index is 12.5. The molecule has 1 fully saturated rings. The second-order valence-electron chi connectivity index (χ2n) is 5.22. The Kier molecular flexibility index (Phi) is 3.73. The van der Waals surface area contributed by atoms with E-state index in [1.54, 1.807) is 0 Å². The molecule has 0 amide bonds. The van der Waals surface area contributed by atoms with Crippen molar-refractivity contribution in [3.63, 3.8) is 0 Å². The van der Waals surface area contributed by atoms with E-state index in [4.69, 9.17) is 11.6 Å². The van der Waals surface area contributed by atoms with Crippen LogP contribution in [0.5, 0.6) is 0 Å². The summed E-state index contributed by atoms with van der Waals surface area (Å²) < 4.78 is 27.9. The molecule has 0 saturated heterocycles. The second kappa shape index (κ2) is 5.40. The zero-order valence-corrected chi connectivity index (χ0v) is 12.9. The Balaban J connectivity index is 1.92. The Bertz CT molecular complexity index is 726. The maximum atomic E-state index is 12.5. The fraction of sp³-hybridized carbons (Fsp3) is 0.267. The molecule has 0 spiro atoms. The highest BCUT2D eigenvalue weighted by molar-refractivity contribution is 7.89. The molecular formula is C15H15ClN2O2S. The number of hydrogen-bond acceptors (Lipinski definition) is 3. The van der Waals surface area contributed by atoms with Crippen LogP contribution in [0.3, 0.4) is 0 Å². The van der Waals surface area contributed by atoms with Crippen LogP contribution in [0.15, 0.2) is 53.6 Å². The molecule has 1 aromatic carbocycles. The van der Waals surface area contributed by atoms with Crippen LogP contribution in [0.1, 0.15) is 24.8 Å². The highest BCUT2D eigenvalue weighted by Gasteiger charge is 2.42. The first-order valence-electron chi connectivity index (χ1n) is 6.73. The molecule has 1 aliphatic rings. The molecule has 4 nitrogen and oxygen atoms in total. The van der Waals surface area contributed by atoms with Crippen LogP contribution < -0.4 is 4.72 Å². The molecule has 0 unspecified atom stereocenters. The van der Waals surface area contributed by atoms with Crippen molar-refractivity contribution in [2.24, 2.45) is 0 Å². The predicted molar refractivity (Wildman–Crippen MR) is 81.5 cm³/mol. The monoisotopic (exact) mass is 322 g/mol. The topological polar surface area (TPSA) is 59.1 Å². The Labute approximate surface area is 129 Å². The molecule has 0 bridgehead atoms. The molecule has 0 aliphatic heterocycles. The summed E-state index contributed by atoms with van der Waals surface area (Å²) in [6, 6.07) is 12.6. The fourth-order valence-corrected chi connectivity index (χ4v) is 4.08. The van der Waals surface area contributed by atoms with E-state index in [0.29, 0.717) is 0 Å². The average Bonchev–Trinajstić information content (AvgIpc) is 2.44. The smallest absolute Gasteiger partial charge is 0.242 e. The van der Waals surface area contributed by atoms with Gasteiger partial charge in [0, 0.05) is 6.20 Å². The number of aromatic nitrogens is 1. The zero-order chi connectivity index (χ0) is 14.9. The van der Waals surface area contributed by atoms with Gasteiger partial charge in [-0.05, 0) is 37.0 Å². The van der Waals surface area contributed by atoms with Crippen molar-refractivity contribution in [1.82, 2.24) is 9.71 Å². The van der Waals surface area contributed by atoms with Crippen molar-refractivity contribution in [3.05, 3.63) is 59.4 Å². The Morgan fingerprint density at radius 3 is 2.33 bits per heavy atom. The minimum Gasteiger partial charge on any atom is -0.243 e. The van der Waals surface area contributed by atoms with E-state index in [-0.39, 0.29) is 10.0 Å². The fourth-order valence-electron chi connectivity index (χ4n) is 2.57. The molecule has 0 radical (unpaired) electrons. The van der Waals surface area contributed by atoms with Crippen LogP contribution in [0, 0.1) is 0 Å². The Hall–Kier alpha value is -1.43. The molecule has 1 aromatic heterocycles. The molecule has 0 atom stereocenters. The third-order valence-electron chi connectivity index (χ3n) is 3.87. The first kappa shape index (κ1) is 14.5. The summed E-state index contributed by atoms with van der Waals surface area (Å²) in [7, 11) is -3.61. The normalized spacial score (nSPS) is 17.2. The van der Waals surface area contributed by atoms with Crippen molar-refractivity contribution >= 4 is 21.6 Å². The lowest BCUT2D eigenvalue weighted by molar-refractivity contribution is 0.224. The number of pyridine rings is 1. The maximum Gasteiger partial charge on any atom is 0.242 e. The lowest BCUT2D eigenvalue weighted by Crippen LogP contribution is -2.50. The predicted octanol–water partition coefficient (Wildman–Crippen LogP) is 3.09. The summed E-state index contributed by atoms with van der Waals surface area (Å²) in [6.45, 7) is 0. The van der Waals surface area contributed by atoms with E-state index in [1.807, 2.05) is 30.3 Å². The minimum atomic E-state index is -3.61. The zero-order valence-electron chi connectivity index (χ0n) is 11.3. The number of halogens is 1. The third kappa shape index (κ3) is 2.81. The van der Waals surface area contributed by atoms with E-state index < -0.39 is 15.6 Å². The summed E-state index contributed by atoms with van der Waals surface area (Å²) in [5.74, 6) is 0. The summed E-state index contributed by atoms with van der Waals surface area (Å²) in [5, 5.41) is 0.273. The first-order valence-corrected chi connectivity index (χ1v) is 8.59. The van der Waals surface area contributed by atoms with Crippen LogP contribution in [0.4, 0.5) is 0 Å². The summed E-state index contributed by atoms with van der Waals surface area (Å²) in [5.41, 5.74) is 0.501. The Morgan fingerprint density at radius 2 is 1.81 bits per heavy atom. The van der Waals surface area contributed by atoms with Gasteiger partial charge in [-0.1, -0.05) is 41.9 Å². The third-order valence-corrected chi connectivity index (χ3v) is 5.62. The quantitative estimate of drug-likeness (QED) is 0.880. The van der Waals surface area contributed by atoms with E-state index in [2.05, 4.69) is 9.71 Å². The average molecular weight is 323 g/mol. The van der Waals surface area contributed by atoms with Crippen molar-refractivity contribution in [2.75, 3.05) is 0 Å². The van der Waals surface area contributed by atoms with Crippen LogP contribution in [-0.2, 0) is 15.6 Å². The van der Waals surface area contributed by atoms with Gasteiger partial charge in [-0.3, -0.25) is 0 Å². The summed E-state index contributed by atoms with van der Waals surface area (Å²) in [6.07, 6.45) is 3.90. The molecule has 6 heteroatoms. The van der Waals surface area contributed by atoms with E-state index in [1.165, 1.54) is 18.3 Å². The van der Waals surface area contributed by atoms with Crippen LogP contribution >= 0.6 is 11.6 Å². The second-order valence-corrected chi connectivity index (χ2v) is 7.29. The van der Waals surface area contributed by atoms with Gasteiger partial charge in [0.25, 0.3) is 0 Å². The lowest BCUT2D eigenvalue weighted by atomic mass is 9.73. The Morgan fingerprint density at radius 1 is 1.10 bits per heavy atom. The van der Waals surface area contributed by atoms with Gasteiger partial charge in [-0.15, -0.1) is 0 Å². The van der Waals surface area contributed by atoms with Crippen molar-refractivity contribution < 1.29 is 8.42 Å². The number of hydrogen-bond donors (Lipinski definition) is 1. The minimum absolute atomic E-state index is 0.133.